The normalized spacial score (nSPS) is 18.6. The number of rotatable bonds is 3. The van der Waals surface area contributed by atoms with Crippen LogP contribution in [0.4, 0.5) is 5.69 Å². The molecule has 1 aliphatic heterocycles. The maximum absolute atomic E-state index is 11.3. The molecule has 110 valence electrons. The third-order valence-electron chi connectivity index (χ3n) is 4.15. The van der Waals surface area contributed by atoms with Gasteiger partial charge in [0.05, 0.1) is 5.52 Å². The second-order valence-corrected chi connectivity index (χ2v) is 5.70. The second kappa shape index (κ2) is 5.33. The summed E-state index contributed by atoms with van der Waals surface area (Å²) in [5, 5.41) is 10.3. The van der Waals surface area contributed by atoms with Gasteiger partial charge < -0.3 is 14.9 Å². The fourth-order valence-corrected chi connectivity index (χ4v) is 2.91. The highest BCUT2D eigenvalue weighted by Gasteiger charge is 2.26. The number of fused-ring (bicyclic) bond motifs is 1. The van der Waals surface area contributed by atoms with Crippen LogP contribution in [-0.4, -0.2) is 54.2 Å². The zero-order chi connectivity index (χ0) is 15.0. The van der Waals surface area contributed by atoms with Crippen molar-refractivity contribution < 1.29 is 9.90 Å². The average molecular weight is 285 g/mol. The number of hydrogen-bond donors (Lipinski definition) is 1. The number of hydrogen-bond acceptors (Lipinski definition) is 4. The second-order valence-electron chi connectivity index (χ2n) is 5.70. The topological polar surface area (TPSA) is 56.7 Å². The molecule has 0 amide bonds. The van der Waals surface area contributed by atoms with Crippen molar-refractivity contribution >= 4 is 22.6 Å². The number of anilines is 1. The van der Waals surface area contributed by atoms with E-state index in [1.807, 2.05) is 24.3 Å². The Morgan fingerprint density at radius 1 is 1.38 bits per heavy atom. The van der Waals surface area contributed by atoms with E-state index in [4.69, 9.17) is 0 Å². The number of carboxylic acids is 1. The molecule has 1 saturated heterocycles. The van der Waals surface area contributed by atoms with Gasteiger partial charge in [0.1, 0.15) is 0 Å². The molecule has 2 aromatic rings. The highest BCUT2D eigenvalue weighted by atomic mass is 16.4. The van der Waals surface area contributed by atoms with Crippen LogP contribution in [0.2, 0.25) is 0 Å². The van der Waals surface area contributed by atoms with Crippen molar-refractivity contribution in [2.24, 2.45) is 0 Å². The van der Waals surface area contributed by atoms with Crippen LogP contribution in [0.15, 0.2) is 30.3 Å². The summed E-state index contributed by atoms with van der Waals surface area (Å²) in [5.74, 6) is -0.981. The molecule has 1 aromatic heterocycles. The number of pyridine rings is 1. The van der Waals surface area contributed by atoms with Crippen LogP contribution in [0.25, 0.3) is 10.9 Å². The molecule has 0 aliphatic carbocycles. The molecule has 1 unspecified atom stereocenters. The number of nitrogens with zero attached hydrogens (tertiary/aromatic N) is 3. The smallest absolute Gasteiger partial charge is 0.354 e. The van der Waals surface area contributed by atoms with Gasteiger partial charge in [0, 0.05) is 30.2 Å². The average Bonchev–Trinajstić information content (AvgIpc) is 2.96. The Kier molecular flexibility index (Phi) is 3.51. The Balaban J connectivity index is 2.06. The van der Waals surface area contributed by atoms with E-state index in [1.54, 1.807) is 6.07 Å². The quantitative estimate of drug-likeness (QED) is 0.935. The molecule has 2 heterocycles. The van der Waals surface area contributed by atoms with Gasteiger partial charge in [0.15, 0.2) is 5.69 Å². The minimum atomic E-state index is -0.981. The van der Waals surface area contributed by atoms with Crippen LogP contribution in [0.1, 0.15) is 16.9 Å². The largest absolute Gasteiger partial charge is 0.477 e. The Morgan fingerprint density at radius 2 is 2.14 bits per heavy atom. The summed E-state index contributed by atoms with van der Waals surface area (Å²) >= 11 is 0. The molecule has 5 nitrogen and oxygen atoms in total. The van der Waals surface area contributed by atoms with E-state index in [-0.39, 0.29) is 5.69 Å². The molecule has 1 aromatic carbocycles. The fraction of sp³-hybridized carbons (Fsp3) is 0.375. The first-order valence-electron chi connectivity index (χ1n) is 7.10. The van der Waals surface area contributed by atoms with E-state index < -0.39 is 5.97 Å². The predicted octanol–water partition coefficient (Wildman–Crippen LogP) is 2.07. The first-order valence-corrected chi connectivity index (χ1v) is 7.10. The molecule has 1 aliphatic rings. The van der Waals surface area contributed by atoms with Crippen molar-refractivity contribution in [1.82, 2.24) is 9.88 Å². The maximum Gasteiger partial charge on any atom is 0.354 e. The van der Waals surface area contributed by atoms with Crippen LogP contribution in [0.3, 0.4) is 0 Å². The van der Waals surface area contributed by atoms with E-state index >= 15 is 0 Å². The molecule has 0 radical (unpaired) electrons. The molecule has 1 N–H and O–H groups in total. The third-order valence-corrected chi connectivity index (χ3v) is 4.15. The zero-order valence-electron chi connectivity index (χ0n) is 12.3. The van der Waals surface area contributed by atoms with Gasteiger partial charge in [0.2, 0.25) is 0 Å². The molecule has 5 heteroatoms. The third kappa shape index (κ3) is 2.56. The van der Waals surface area contributed by atoms with Crippen LogP contribution < -0.4 is 4.90 Å². The minimum Gasteiger partial charge on any atom is -0.477 e. The minimum absolute atomic E-state index is 0.108. The van der Waals surface area contributed by atoms with Gasteiger partial charge in [-0.15, -0.1) is 0 Å². The number of aromatic nitrogens is 1. The van der Waals surface area contributed by atoms with Gasteiger partial charge in [-0.25, -0.2) is 9.78 Å². The highest BCUT2D eigenvalue weighted by molar-refractivity contribution is 5.97. The Bertz CT molecular complexity index is 684. The van der Waals surface area contributed by atoms with E-state index in [0.717, 1.165) is 36.1 Å². The van der Waals surface area contributed by atoms with Crippen molar-refractivity contribution in [1.29, 1.82) is 0 Å². The molecule has 21 heavy (non-hydrogen) atoms. The number of likely N-dealkylation sites (N-methyl/N-ethyl adjacent to an activating group) is 1. The van der Waals surface area contributed by atoms with Crippen molar-refractivity contribution in [2.45, 2.75) is 12.5 Å². The first kappa shape index (κ1) is 13.8. The van der Waals surface area contributed by atoms with Crippen LogP contribution in [0, 0.1) is 0 Å². The van der Waals surface area contributed by atoms with Gasteiger partial charge in [-0.2, -0.15) is 0 Å². The number of carbonyl (C=O) groups is 1. The van der Waals surface area contributed by atoms with Gasteiger partial charge >= 0.3 is 5.97 Å². The summed E-state index contributed by atoms with van der Waals surface area (Å²) in [6.07, 6.45) is 1.09. The van der Waals surface area contributed by atoms with Crippen LogP contribution in [-0.2, 0) is 0 Å². The summed E-state index contributed by atoms with van der Waals surface area (Å²) in [6.45, 7) is 1.86. The maximum atomic E-state index is 11.3. The molecule has 3 rings (SSSR count). The summed E-state index contributed by atoms with van der Waals surface area (Å²) in [5.41, 5.74) is 1.82. The molecule has 1 atom stereocenters. The van der Waals surface area contributed by atoms with Crippen molar-refractivity contribution in [3.8, 4) is 0 Å². The summed E-state index contributed by atoms with van der Waals surface area (Å²) in [6, 6.07) is 9.93. The van der Waals surface area contributed by atoms with Crippen LogP contribution >= 0.6 is 0 Å². The molecule has 0 bridgehead atoms. The van der Waals surface area contributed by atoms with E-state index in [2.05, 4.69) is 28.9 Å². The molecule has 0 saturated carbocycles. The monoisotopic (exact) mass is 285 g/mol. The first-order chi connectivity index (χ1) is 10.1. The lowest BCUT2D eigenvalue weighted by Crippen LogP contribution is -2.31. The zero-order valence-corrected chi connectivity index (χ0v) is 12.3. The summed E-state index contributed by atoms with van der Waals surface area (Å²) in [7, 11) is 4.17. The summed E-state index contributed by atoms with van der Waals surface area (Å²) < 4.78 is 0. The number of aromatic carboxylic acids is 1. The predicted molar refractivity (Wildman–Crippen MR) is 83.0 cm³/mol. The lowest BCUT2D eigenvalue weighted by molar-refractivity contribution is 0.0691. The Hall–Kier alpha value is -2.14. The van der Waals surface area contributed by atoms with Gasteiger partial charge in [0.25, 0.3) is 0 Å². The van der Waals surface area contributed by atoms with E-state index in [1.165, 1.54) is 0 Å². The van der Waals surface area contributed by atoms with Crippen LogP contribution in [0.5, 0.6) is 0 Å². The van der Waals surface area contributed by atoms with Gasteiger partial charge in [-0.1, -0.05) is 18.2 Å². The molecule has 1 fully saturated rings. The Morgan fingerprint density at radius 3 is 2.81 bits per heavy atom. The Labute approximate surface area is 123 Å². The number of benzene rings is 1. The molecular formula is C16H19N3O2. The molecular weight excluding hydrogens is 266 g/mol. The van der Waals surface area contributed by atoms with Gasteiger partial charge in [-0.3, -0.25) is 0 Å². The van der Waals surface area contributed by atoms with Gasteiger partial charge in [-0.05, 0) is 32.6 Å². The van der Waals surface area contributed by atoms with Crippen molar-refractivity contribution in [3.63, 3.8) is 0 Å². The number of carboxylic acid groups (broad SMARTS) is 1. The van der Waals surface area contributed by atoms with E-state index in [9.17, 15) is 9.90 Å². The van der Waals surface area contributed by atoms with E-state index in [0.29, 0.717) is 6.04 Å². The lowest BCUT2D eigenvalue weighted by atomic mass is 10.1. The molecule has 0 spiro atoms. The van der Waals surface area contributed by atoms with Crippen molar-refractivity contribution in [2.75, 3.05) is 32.1 Å². The fourth-order valence-electron chi connectivity index (χ4n) is 2.91. The summed E-state index contributed by atoms with van der Waals surface area (Å²) in [4.78, 5) is 20.0. The number of para-hydroxylation sites is 1. The van der Waals surface area contributed by atoms with Crippen molar-refractivity contribution in [3.05, 3.63) is 36.0 Å². The highest BCUT2D eigenvalue weighted by Crippen LogP contribution is 2.30. The lowest BCUT2D eigenvalue weighted by Gasteiger charge is -2.23. The standard InChI is InChI=1S/C16H19N3O2/c1-18(2)11-7-8-19(10-11)15-9-14(16(20)21)17-13-6-4-3-5-12(13)15/h3-6,9,11H,7-8,10H2,1-2H3,(H,20,21). The SMILES string of the molecule is CN(C)C1CCN(c2cc(C(=O)O)nc3ccccc23)C1.